The van der Waals surface area contributed by atoms with E-state index in [-0.39, 0.29) is 6.03 Å². The Morgan fingerprint density at radius 2 is 2.00 bits per heavy atom. The molecule has 0 bridgehead atoms. The summed E-state index contributed by atoms with van der Waals surface area (Å²) in [6.07, 6.45) is 10.1. The van der Waals surface area contributed by atoms with Gasteiger partial charge in [0.05, 0.1) is 18.5 Å². The number of anilines is 1. The molecule has 1 N–H and O–H groups in total. The van der Waals surface area contributed by atoms with E-state index in [1.807, 2.05) is 48.4 Å². The Hall–Kier alpha value is -3.67. The molecule has 0 atom stereocenters. The smallest absolute Gasteiger partial charge is 0.321 e. The third-order valence-corrected chi connectivity index (χ3v) is 5.47. The van der Waals surface area contributed by atoms with E-state index in [2.05, 4.69) is 39.6 Å². The van der Waals surface area contributed by atoms with Crippen LogP contribution in [0.25, 0.3) is 6.08 Å². The van der Waals surface area contributed by atoms with Gasteiger partial charge in [-0.05, 0) is 61.2 Å². The van der Waals surface area contributed by atoms with E-state index in [4.69, 9.17) is 4.74 Å². The molecule has 1 aliphatic rings. The van der Waals surface area contributed by atoms with Crippen LogP contribution in [0.5, 0.6) is 5.75 Å². The van der Waals surface area contributed by atoms with Crippen molar-refractivity contribution < 1.29 is 9.53 Å². The first-order chi connectivity index (χ1) is 15.7. The molecular weight excluding hydrogens is 400 g/mol. The van der Waals surface area contributed by atoms with Crippen LogP contribution in [0.4, 0.5) is 10.5 Å². The third-order valence-electron chi connectivity index (χ3n) is 5.47. The Bertz CT molecular complexity index is 1050. The van der Waals surface area contributed by atoms with Crippen LogP contribution in [0, 0.1) is 6.92 Å². The average Bonchev–Trinajstić information content (AvgIpc) is 2.82. The molecule has 6 nitrogen and oxygen atoms in total. The molecule has 1 fully saturated rings. The topological polar surface area (TPSA) is 67.4 Å². The Labute approximate surface area is 189 Å². The summed E-state index contributed by atoms with van der Waals surface area (Å²) >= 11 is 0. The molecule has 0 saturated carbocycles. The number of urea groups is 1. The van der Waals surface area contributed by atoms with E-state index in [1.54, 1.807) is 12.4 Å². The standard InChI is InChI=1S/C26H28N4O2/c1-20-7-8-24(19-28-20)29-26(31)30-13-9-21(10-14-30)16-23-4-2-6-25(17-23)32-15-11-22-5-3-12-27-18-22/h2-8,12,16-19H,9-11,13-15H2,1H3,(H,29,31). The Morgan fingerprint density at radius 1 is 1.12 bits per heavy atom. The number of aryl methyl sites for hydroxylation is 1. The van der Waals surface area contributed by atoms with Gasteiger partial charge in [-0.25, -0.2) is 4.79 Å². The number of likely N-dealkylation sites (tertiary alicyclic amines) is 1. The second-order valence-corrected chi connectivity index (χ2v) is 7.94. The first-order valence-corrected chi connectivity index (χ1v) is 11.0. The van der Waals surface area contributed by atoms with Crippen molar-refractivity contribution >= 4 is 17.8 Å². The zero-order chi connectivity index (χ0) is 22.2. The molecule has 0 spiro atoms. The number of nitrogens with one attached hydrogen (secondary N) is 1. The summed E-state index contributed by atoms with van der Waals surface area (Å²) in [5.74, 6) is 0.867. The average molecular weight is 429 g/mol. The van der Waals surface area contributed by atoms with E-state index < -0.39 is 0 Å². The number of amides is 2. The van der Waals surface area contributed by atoms with Gasteiger partial charge in [0.25, 0.3) is 0 Å². The second-order valence-electron chi connectivity index (χ2n) is 7.94. The number of piperidine rings is 1. The summed E-state index contributed by atoms with van der Waals surface area (Å²) in [4.78, 5) is 22.7. The fourth-order valence-corrected chi connectivity index (χ4v) is 3.65. The van der Waals surface area contributed by atoms with Crippen molar-refractivity contribution in [2.24, 2.45) is 0 Å². The number of rotatable bonds is 6. The first kappa shape index (κ1) is 21.6. The van der Waals surface area contributed by atoms with Crippen LogP contribution in [0.1, 0.15) is 29.7 Å². The molecule has 4 rings (SSSR count). The lowest BCUT2D eigenvalue weighted by molar-refractivity contribution is 0.208. The van der Waals surface area contributed by atoms with Crippen molar-refractivity contribution in [3.05, 3.63) is 89.5 Å². The van der Waals surface area contributed by atoms with E-state index in [0.717, 1.165) is 42.0 Å². The van der Waals surface area contributed by atoms with Gasteiger partial charge in [0.15, 0.2) is 0 Å². The maximum absolute atomic E-state index is 12.5. The zero-order valence-corrected chi connectivity index (χ0v) is 18.3. The first-order valence-electron chi connectivity index (χ1n) is 11.0. The number of pyridine rings is 2. The lowest BCUT2D eigenvalue weighted by atomic mass is 10.0. The summed E-state index contributed by atoms with van der Waals surface area (Å²) in [6, 6.07) is 15.9. The Kier molecular flexibility index (Phi) is 7.12. The second kappa shape index (κ2) is 10.6. The van der Waals surface area contributed by atoms with Gasteiger partial charge >= 0.3 is 6.03 Å². The number of hydrogen-bond acceptors (Lipinski definition) is 4. The predicted molar refractivity (Wildman–Crippen MR) is 127 cm³/mol. The lowest BCUT2D eigenvalue weighted by Crippen LogP contribution is -2.39. The van der Waals surface area contributed by atoms with E-state index in [1.165, 1.54) is 11.1 Å². The van der Waals surface area contributed by atoms with Gasteiger partial charge in [0.2, 0.25) is 0 Å². The largest absolute Gasteiger partial charge is 0.493 e. The highest BCUT2D eigenvalue weighted by Crippen LogP contribution is 2.22. The minimum atomic E-state index is -0.0706. The molecule has 164 valence electrons. The maximum atomic E-state index is 12.5. The molecule has 2 aromatic heterocycles. The molecule has 0 radical (unpaired) electrons. The SMILES string of the molecule is Cc1ccc(NC(=O)N2CCC(=Cc3cccc(OCCc4cccnc4)c3)CC2)cn1. The van der Waals surface area contributed by atoms with Crippen LogP contribution in [-0.2, 0) is 6.42 Å². The van der Waals surface area contributed by atoms with Gasteiger partial charge in [0, 0.05) is 37.6 Å². The Morgan fingerprint density at radius 3 is 2.75 bits per heavy atom. The highest BCUT2D eigenvalue weighted by molar-refractivity contribution is 5.89. The van der Waals surface area contributed by atoms with Crippen LogP contribution in [-0.4, -0.2) is 40.6 Å². The number of benzene rings is 1. The predicted octanol–water partition coefficient (Wildman–Crippen LogP) is 5.12. The molecule has 1 saturated heterocycles. The van der Waals surface area contributed by atoms with Crippen LogP contribution in [0.2, 0.25) is 0 Å². The molecule has 1 aromatic carbocycles. The van der Waals surface area contributed by atoms with Gasteiger partial charge in [-0.15, -0.1) is 0 Å². The van der Waals surface area contributed by atoms with E-state index in [9.17, 15) is 4.79 Å². The third kappa shape index (κ3) is 6.17. The van der Waals surface area contributed by atoms with Crippen molar-refractivity contribution in [2.45, 2.75) is 26.2 Å². The molecular formula is C26H28N4O2. The van der Waals surface area contributed by atoms with E-state index in [0.29, 0.717) is 19.7 Å². The quantitative estimate of drug-likeness (QED) is 0.592. The number of carbonyl (C=O) groups is 1. The van der Waals surface area contributed by atoms with Crippen LogP contribution < -0.4 is 10.1 Å². The summed E-state index contributed by atoms with van der Waals surface area (Å²) in [6.45, 7) is 3.96. The number of aromatic nitrogens is 2. The van der Waals surface area contributed by atoms with Crippen molar-refractivity contribution in [2.75, 3.05) is 25.0 Å². The lowest BCUT2D eigenvalue weighted by Gasteiger charge is -2.28. The fourth-order valence-electron chi connectivity index (χ4n) is 3.65. The van der Waals surface area contributed by atoms with Gasteiger partial charge < -0.3 is 15.0 Å². The monoisotopic (exact) mass is 428 g/mol. The summed E-state index contributed by atoms with van der Waals surface area (Å²) in [5.41, 5.74) is 5.29. The Balaban J connectivity index is 1.27. The van der Waals surface area contributed by atoms with Crippen LogP contribution in [0.15, 0.2) is 72.7 Å². The van der Waals surface area contributed by atoms with E-state index >= 15 is 0 Å². The fraction of sp³-hybridized carbons (Fsp3) is 0.269. The van der Waals surface area contributed by atoms with Crippen LogP contribution >= 0.6 is 0 Å². The highest BCUT2D eigenvalue weighted by atomic mass is 16.5. The van der Waals surface area contributed by atoms with Gasteiger partial charge in [-0.1, -0.05) is 29.8 Å². The molecule has 3 aromatic rings. The minimum absolute atomic E-state index is 0.0706. The number of carbonyl (C=O) groups excluding carboxylic acids is 1. The minimum Gasteiger partial charge on any atom is -0.493 e. The molecule has 0 unspecified atom stereocenters. The number of ether oxygens (including phenoxy) is 1. The van der Waals surface area contributed by atoms with Gasteiger partial charge in [-0.3, -0.25) is 9.97 Å². The zero-order valence-electron chi connectivity index (χ0n) is 18.3. The highest BCUT2D eigenvalue weighted by Gasteiger charge is 2.19. The van der Waals surface area contributed by atoms with Crippen molar-refractivity contribution in [1.29, 1.82) is 0 Å². The van der Waals surface area contributed by atoms with Gasteiger partial charge in [0.1, 0.15) is 5.75 Å². The van der Waals surface area contributed by atoms with Crippen molar-refractivity contribution in [3.8, 4) is 5.75 Å². The van der Waals surface area contributed by atoms with Crippen LogP contribution in [0.3, 0.4) is 0 Å². The summed E-state index contributed by atoms with van der Waals surface area (Å²) < 4.78 is 5.93. The molecule has 6 heteroatoms. The molecule has 2 amide bonds. The van der Waals surface area contributed by atoms with Crippen molar-refractivity contribution in [1.82, 2.24) is 14.9 Å². The van der Waals surface area contributed by atoms with Crippen molar-refractivity contribution in [3.63, 3.8) is 0 Å². The summed E-state index contributed by atoms with van der Waals surface area (Å²) in [5, 5.41) is 2.93. The molecule has 32 heavy (non-hydrogen) atoms. The molecule has 3 heterocycles. The maximum Gasteiger partial charge on any atom is 0.321 e. The molecule has 1 aliphatic heterocycles. The summed E-state index contributed by atoms with van der Waals surface area (Å²) in [7, 11) is 0. The normalized spacial score (nSPS) is 13.5. The van der Waals surface area contributed by atoms with Gasteiger partial charge in [-0.2, -0.15) is 0 Å². The number of nitrogens with zero attached hydrogens (tertiary/aromatic N) is 3. The molecule has 0 aliphatic carbocycles. The number of hydrogen-bond donors (Lipinski definition) is 1.